The summed E-state index contributed by atoms with van der Waals surface area (Å²) < 4.78 is 10.6. The van der Waals surface area contributed by atoms with Gasteiger partial charge in [0.2, 0.25) is 6.08 Å². The molecule has 0 atom stereocenters. The molecule has 0 spiro atoms. The van der Waals surface area contributed by atoms with Crippen LogP contribution in [0.1, 0.15) is 78.4 Å². The first kappa shape index (κ1) is 39.8. The van der Waals surface area contributed by atoms with E-state index in [1.807, 2.05) is 91.8 Å². The normalized spacial score (nSPS) is 15.4. The topological polar surface area (TPSA) is 156 Å². The van der Waals surface area contributed by atoms with Crippen LogP contribution in [0.25, 0.3) is 0 Å². The number of piperidine rings is 2. The summed E-state index contributed by atoms with van der Waals surface area (Å²) in [4.78, 5) is 52.3. The number of aliphatic imine (C=N–C) groups is 1. The van der Waals surface area contributed by atoms with E-state index in [-0.39, 0.29) is 30.3 Å². The Balaban J connectivity index is 0.000000280. The highest BCUT2D eigenvalue weighted by Gasteiger charge is 2.28. The predicted molar refractivity (Wildman–Crippen MR) is 188 cm³/mol. The molecule has 264 valence electrons. The number of isocyanates is 1. The van der Waals surface area contributed by atoms with Crippen LogP contribution in [0.4, 0.5) is 25.8 Å². The molecule has 12 nitrogen and oxygen atoms in total. The summed E-state index contributed by atoms with van der Waals surface area (Å²) in [6.07, 6.45) is 4.17. The first-order valence-electron chi connectivity index (χ1n) is 16.4. The van der Waals surface area contributed by atoms with E-state index in [0.717, 1.165) is 55.6 Å². The van der Waals surface area contributed by atoms with Crippen molar-refractivity contribution in [2.24, 2.45) is 10.7 Å². The van der Waals surface area contributed by atoms with Crippen LogP contribution in [0.2, 0.25) is 0 Å². The number of anilines is 1. The van der Waals surface area contributed by atoms with Gasteiger partial charge in [-0.15, -0.1) is 0 Å². The molecule has 48 heavy (non-hydrogen) atoms. The standard InChI is InChI=1S/C18H27N3O3.C10H20N2O2.C8H7NO/c1-13-5-7-14(8-6-13)19-16(22)20-15-9-11-21(12-10-15)17(23)24-18(2,3)4;1-10(2,3)14-9(13)12-6-4-8(11)5-7-12;1-7-2-4-8(5-3-7)9-6-10/h5-8,15H,9-12H2,1-4H3,(H2,19,20,22);8H,4-7,11H2,1-3H3;2-5H,1H3. The highest BCUT2D eigenvalue weighted by Crippen LogP contribution is 2.17. The average molecular weight is 667 g/mol. The average Bonchev–Trinajstić information content (AvgIpc) is 2.99. The van der Waals surface area contributed by atoms with Gasteiger partial charge in [-0.1, -0.05) is 35.4 Å². The molecule has 2 aliphatic heterocycles. The Labute approximate surface area is 285 Å². The van der Waals surface area contributed by atoms with Crippen molar-refractivity contribution in [1.29, 1.82) is 0 Å². The molecule has 2 aliphatic rings. The molecule has 2 aromatic rings. The molecular weight excluding hydrogens is 612 g/mol. The number of likely N-dealkylation sites (tertiary alicyclic amines) is 2. The van der Waals surface area contributed by atoms with Crippen LogP contribution in [-0.2, 0) is 14.3 Å². The number of urea groups is 1. The number of ether oxygens (including phenoxy) is 2. The smallest absolute Gasteiger partial charge is 0.410 e. The second kappa shape index (κ2) is 18.8. The number of amides is 4. The second-order valence-corrected chi connectivity index (χ2v) is 14.0. The van der Waals surface area contributed by atoms with E-state index < -0.39 is 11.2 Å². The molecule has 0 bridgehead atoms. The summed E-state index contributed by atoms with van der Waals surface area (Å²) in [5.41, 5.74) is 8.58. The zero-order valence-electron chi connectivity index (χ0n) is 29.8. The van der Waals surface area contributed by atoms with Crippen molar-refractivity contribution >= 4 is 35.7 Å². The maximum absolute atomic E-state index is 12.0. The van der Waals surface area contributed by atoms with Crippen molar-refractivity contribution in [2.45, 2.75) is 104 Å². The number of benzene rings is 2. The molecular formula is C36H54N6O6. The molecule has 2 heterocycles. The lowest BCUT2D eigenvalue weighted by atomic mass is 10.1. The highest BCUT2D eigenvalue weighted by atomic mass is 16.6. The largest absolute Gasteiger partial charge is 0.444 e. The first-order chi connectivity index (χ1) is 22.4. The quantitative estimate of drug-likeness (QED) is 0.240. The third-order valence-electron chi connectivity index (χ3n) is 7.19. The fourth-order valence-corrected chi connectivity index (χ4v) is 4.60. The predicted octanol–water partition coefficient (Wildman–Crippen LogP) is 6.82. The van der Waals surface area contributed by atoms with Crippen LogP contribution < -0.4 is 16.4 Å². The zero-order chi connectivity index (χ0) is 35.9. The third kappa shape index (κ3) is 16.4. The van der Waals surface area contributed by atoms with E-state index in [9.17, 15) is 19.2 Å². The molecule has 0 saturated carbocycles. The number of rotatable bonds is 3. The molecule has 0 unspecified atom stereocenters. The molecule has 2 aromatic carbocycles. The minimum atomic E-state index is -0.486. The zero-order valence-corrected chi connectivity index (χ0v) is 29.8. The lowest BCUT2D eigenvalue weighted by Gasteiger charge is -2.33. The Morgan fingerprint density at radius 3 is 1.58 bits per heavy atom. The minimum absolute atomic E-state index is 0.0640. The van der Waals surface area contributed by atoms with Gasteiger partial charge in [-0.3, -0.25) is 0 Å². The first-order valence-corrected chi connectivity index (χ1v) is 16.4. The number of carbonyl (C=O) groups is 3. The van der Waals surface area contributed by atoms with Gasteiger partial charge in [0.25, 0.3) is 0 Å². The number of hydrogen-bond acceptors (Lipinski definition) is 8. The molecule has 4 N–H and O–H groups in total. The van der Waals surface area contributed by atoms with E-state index in [2.05, 4.69) is 15.6 Å². The molecule has 0 radical (unpaired) electrons. The van der Waals surface area contributed by atoms with Crippen LogP contribution >= 0.6 is 0 Å². The van der Waals surface area contributed by atoms with Crippen LogP contribution in [0.15, 0.2) is 53.5 Å². The van der Waals surface area contributed by atoms with E-state index in [4.69, 9.17) is 15.2 Å². The minimum Gasteiger partial charge on any atom is -0.444 e. The fraction of sp³-hybridized carbons (Fsp3) is 0.556. The molecule has 2 fully saturated rings. The van der Waals surface area contributed by atoms with Crippen molar-refractivity contribution in [2.75, 3.05) is 31.5 Å². The summed E-state index contributed by atoms with van der Waals surface area (Å²) in [6, 6.07) is 15.1. The number of nitrogens with one attached hydrogen (secondary N) is 2. The Morgan fingerprint density at radius 1 is 0.750 bits per heavy atom. The number of nitrogens with two attached hydrogens (primary N) is 1. The van der Waals surface area contributed by atoms with E-state index in [1.165, 1.54) is 6.08 Å². The van der Waals surface area contributed by atoms with Crippen molar-refractivity contribution in [3.05, 3.63) is 59.7 Å². The van der Waals surface area contributed by atoms with Gasteiger partial charge in [-0.25, -0.2) is 19.2 Å². The number of hydrogen-bond donors (Lipinski definition) is 3. The van der Waals surface area contributed by atoms with E-state index in [1.54, 1.807) is 21.9 Å². The maximum Gasteiger partial charge on any atom is 0.410 e. The van der Waals surface area contributed by atoms with Gasteiger partial charge in [0.15, 0.2) is 0 Å². The third-order valence-corrected chi connectivity index (χ3v) is 7.19. The van der Waals surface area contributed by atoms with Gasteiger partial charge < -0.3 is 35.6 Å². The van der Waals surface area contributed by atoms with Crippen LogP contribution in [0, 0.1) is 13.8 Å². The summed E-state index contributed by atoms with van der Waals surface area (Å²) >= 11 is 0. The van der Waals surface area contributed by atoms with Crippen molar-refractivity contribution in [1.82, 2.24) is 15.1 Å². The van der Waals surface area contributed by atoms with Gasteiger partial charge in [0.1, 0.15) is 11.2 Å². The van der Waals surface area contributed by atoms with Crippen molar-refractivity contribution in [3.8, 4) is 0 Å². The summed E-state index contributed by atoms with van der Waals surface area (Å²) in [5, 5.41) is 5.79. The lowest BCUT2D eigenvalue weighted by Crippen LogP contribution is -2.48. The van der Waals surface area contributed by atoms with E-state index >= 15 is 0 Å². The van der Waals surface area contributed by atoms with Crippen LogP contribution in [-0.4, -0.2) is 83.6 Å². The molecule has 0 aromatic heterocycles. The summed E-state index contributed by atoms with van der Waals surface area (Å²) in [7, 11) is 0. The summed E-state index contributed by atoms with van der Waals surface area (Å²) in [5.74, 6) is 0. The molecule has 4 amide bonds. The van der Waals surface area contributed by atoms with Gasteiger partial charge in [-0.05, 0) is 105 Å². The molecule has 4 rings (SSSR count). The van der Waals surface area contributed by atoms with E-state index in [0.29, 0.717) is 18.8 Å². The van der Waals surface area contributed by atoms with Gasteiger partial charge in [0.05, 0.1) is 5.69 Å². The van der Waals surface area contributed by atoms with Gasteiger partial charge in [-0.2, -0.15) is 4.99 Å². The Kier molecular flexibility index (Phi) is 15.6. The van der Waals surface area contributed by atoms with Crippen LogP contribution in [0.5, 0.6) is 0 Å². The fourth-order valence-electron chi connectivity index (χ4n) is 4.60. The SMILES string of the molecule is CC(C)(C)OC(=O)N1CCC(N)CC1.Cc1ccc(N=C=O)cc1.Cc1ccc(NC(=O)NC2CCN(C(=O)OC(C)(C)C)CC2)cc1. The Bertz CT molecular complexity index is 1350. The van der Waals surface area contributed by atoms with Gasteiger partial charge in [0, 0.05) is 44.0 Å². The van der Waals surface area contributed by atoms with Crippen molar-refractivity contribution < 1.29 is 28.7 Å². The number of carbonyl (C=O) groups excluding carboxylic acids is 4. The van der Waals surface area contributed by atoms with Gasteiger partial charge >= 0.3 is 18.2 Å². The molecule has 12 heteroatoms. The second-order valence-electron chi connectivity index (χ2n) is 14.0. The Morgan fingerprint density at radius 2 is 1.17 bits per heavy atom. The molecule has 0 aliphatic carbocycles. The number of nitrogens with zero attached hydrogens (tertiary/aromatic N) is 3. The Hall–Kier alpha value is -4.41. The molecule has 2 saturated heterocycles. The van der Waals surface area contributed by atoms with Crippen LogP contribution in [0.3, 0.4) is 0 Å². The lowest BCUT2D eigenvalue weighted by molar-refractivity contribution is 0.0193. The highest BCUT2D eigenvalue weighted by molar-refractivity contribution is 5.89. The summed E-state index contributed by atoms with van der Waals surface area (Å²) in [6.45, 7) is 17.8. The number of aryl methyl sites for hydroxylation is 2. The monoisotopic (exact) mass is 666 g/mol. The van der Waals surface area contributed by atoms with Crippen molar-refractivity contribution in [3.63, 3.8) is 0 Å². The maximum atomic E-state index is 12.0.